The molecule has 256 valence electrons. The summed E-state index contributed by atoms with van der Waals surface area (Å²) in [7, 11) is -4.09. The highest BCUT2D eigenvalue weighted by atomic mass is 32.2. The second-order valence-electron chi connectivity index (χ2n) is 12.2. The van der Waals surface area contributed by atoms with Crippen molar-refractivity contribution in [3.8, 4) is 0 Å². The second kappa shape index (κ2) is 16.0. The first-order valence-corrected chi connectivity index (χ1v) is 17.3. The number of thioether (sulfide) groups is 1. The number of aliphatic hydroxyl groups excluding tert-OH is 1. The Bertz CT molecular complexity index is 1340. The van der Waals surface area contributed by atoms with Gasteiger partial charge < -0.3 is 36.1 Å². The molecule has 3 rings (SSSR count). The lowest BCUT2D eigenvalue weighted by molar-refractivity contribution is -0.167. The fourth-order valence-corrected chi connectivity index (χ4v) is 6.61. The summed E-state index contributed by atoms with van der Waals surface area (Å²) in [6.07, 6.45) is -0.615. The average molecular weight is 684 g/mol. The maximum atomic E-state index is 14.0. The molecule has 3 unspecified atom stereocenters. The number of ether oxygens (including phenoxy) is 2. The first-order chi connectivity index (χ1) is 21.5. The van der Waals surface area contributed by atoms with Crippen molar-refractivity contribution in [2.75, 3.05) is 25.6 Å². The van der Waals surface area contributed by atoms with Gasteiger partial charge in [0, 0.05) is 18.5 Å². The summed E-state index contributed by atoms with van der Waals surface area (Å²) in [4.78, 5) is 31.0. The number of hydrogen-bond acceptors (Lipinski definition) is 14. The van der Waals surface area contributed by atoms with Gasteiger partial charge in [-0.3, -0.25) is 18.6 Å². The number of carbonyl (C=O) groups is 2. The standard InChI is InChI=1S/C30H46N5O9PS/c1-19(2)24(32)26(37)44-25-22(43-27(30(25,6)39)35-13-12-23(31)34-20(35)3)17-42-45(40,33-16-21-10-8-7-9-11-21)41-14-15-46-28(38)29(4,5)18-36/h7-13,19,22,24-25,27,36,39H,3,14-18,32H2,1-2,4-6H3,(H2,31,34)(H,33,40)/t22-,24?,25+,27-,30?,45?/m1/s1. The number of esters is 1. The predicted octanol–water partition coefficient (Wildman–Crippen LogP) is 2.22. The van der Waals surface area contributed by atoms with Gasteiger partial charge in [0.05, 0.1) is 25.2 Å². The molecular formula is C30H46N5O9PS. The molecule has 2 aliphatic heterocycles. The number of aliphatic imine (C=N–C) groups is 1. The highest BCUT2D eigenvalue weighted by molar-refractivity contribution is 8.13. The number of nitrogens with zero attached hydrogens (tertiary/aromatic N) is 2. The van der Waals surface area contributed by atoms with Crippen LogP contribution in [0, 0.1) is 11.3 Å². The Morgan fingerprint density at radius 3 is 2.57 bits per heavy atom. The smallest absolute Gasteiger partial charge is 0.405 e. The van der Waals surface area contributed by atoms with Gasteiger partial charge in [0.1, 0.15) is 29.4 Å². The summed E-state index contributed by atoms with van der Waals surface area (Å²) < 4.78 is 37.4. The van der Waals surface area contributed by atoms with E-state index in [1.807, 2.05) is 30.3 Å². The Hall–Kier alpha value is -2.59. The molecule has 0 aromatic heterocycles. The third-order valence-corrected chi connectivity index (χ3v) is 10.2. The Morgan fingerprint density at radius 2 is 1.96 bits per heavy atom. The van der Waals surface area contributed by atoms with E-state index in [2.05, 4.69) is 16.7 Å². The minimum absolute atomic E-state index is 0.118. The van der Waals surface area contributed by atoms with Crippen LogP contribution in [0.2, 0.25) is 0 Å². The minimum atomic E-state index is -4.09. The van der Waals surface area contributed by atoms with E-state index in [1.165, 1.54) is 24.1 Å². The van der Waals surface area contributed by atoms with Crippen molar-refractivity contribution in [1.82, 2.24) is 9.99 Å². The van der Waals surface area contributed by atoms with Crippen LogP contribution in [0.15, 0.2) is 60.0 Å². The lowest BCUT2D eigenvalue weighted by Gasteiger charge is -2.36. The van der Waals surface area contributed by atoms with Crippen molar-refractivity contribution >= 4 is 36.4 Å². The van der Waals surface area contributed by atoms with Gasteiger partial charge in [0.2, 0.25) is 0 Å². The summed E-state index contributed by atoms with van der Waals surface area (Å²) in [5.41, 5.74) is 9.83. The van der Waals surface area contributed by atoms with Gasteiger partial charge in [0.15, 0.2) is 17.4 Å². The Morgan fingerprint density at radius 1 is 1.28 bits per heavy atom. The molecule has 0 amide bonds. The normalized spacial score (nSPS) is 25.3. The van der Waals surface area contributed by atoms with Crippen molar-refractivity contribution in [1.29, 1.82) is 0 Å². The molecular weight excluding hydrogens is 637 g/mol. The van der Waals surface area contributed by atoms with Crippen LogP contribution in [0.3, 0.4) is 0 Å². The van der Waals surface area contributed by atoms with E-state index in [4.69, 9.17) is 30.0 Å². The maximum absolute atomic E-state index is 14.0. The van der Waals surface area contributed by atoms with Gasteiger partial charge in [-0.25, -0.2) is 14.6 Å². The number of hydrogen-bond donors (Lipinski definition) is 5. The molecule has 46 heavy (non-hydrogen) atoms. The number of benzene rings is 1. The van der Waals surface area contributed by atoms with Crippen LogP contribution in [0.1, 0.15) is 40.2 Å². The molecule has 2 heterocycles. The first-order valence-electron chi connectivity index (χ1n) is 14.8. The zero-order valence-corrected chi connectivity index (χ0v) is 28.5. The highest BCUT2D eigenvalue weighted by Crippen LogP contribution is 2.46. The van der Waals surface area contributed by atoms with E-state index >= 15 is 0 Å². The molecule has 1 fully saturated rings. The fraction of sp³-hybridized carbons (Fsp3) is 0.567. The van der Waals surface area contributed by atoms with Crippen LogP contribution < -0.4 is 16.6 Å². The van der Waals surface area contributed by atoms with Crippen LogP contribution in [0.5, 0.6) is 0 Å². The molecule has 0 saturated carbocycles. The highest BCUT2D eigenvalue weighted by Gasteiger charge is 2.58. The number of nitrogens with two attached hydrogens (primary N) is 2. The van der Waals surface area contributed by atoms with E-state index in [0.717, 1.165) is 17.3 Å². The maximum Gasteiger partial charge on any atom is 0.405 e. The molecule has 0 aliphatic carbocycles. The fourth-order valence-electron chi connectivity index (χ4n) is 4.37. The van der Waals surface area contributed by atoms with Crippen LogP contribution in [-0.4, -0.2) is 87.7 Å². The summed E-state index contributed by atoms with van der Waals surface area (Å²) in [6.45, 7) is 11.3. The van der Waals surface area contributed by atoms with E-state index in [1.54, 1.807) is 27.7 Å². The van der Waals surface area contributed by atoms with Crippen LogP contribution in [0.25, 0.3) is 0 Å². The Labute approximate surface area is 274 Å². The van der Waals surface area contributed by atoms with Crippen LogP contribution in [0.4, 0.5) is 0 Å². The quantitative estimate of drug-likeness (QED) is 0.0962. The van der Waals surface area contributed by atoms with Gasteiger partial charge >= 0.3 is 13.7 Å². The summed E-state index contributed by atoms with van der Waals surface area (Å²) in [5.74, 6) is -0.507. The minimum Gasteiger partial charge on any atom is -0.455 e. The van der Waals surface area contributed by atoms with Gasteiger partial charge in [0.25, 0.3) is 0 Å². The average Bonchev–Trinajstić information content (AvgIpc) is 3.25. The number of rotatable bonds is 16. The van der Waals surface area contributed by atoms with E-state index < -0.39 is 55.8 Å². The molecule has 7 N–H and O–H groups in total. The van der Waals surface area contributed by atoms with Crippen LogP contribution in [-0.2, 0) is 39.2 Å². The first kappa shape index (κ1) is 37.9. The molecule has 16 heteroatoms. The van der Waals surface area contributed by atoms with E-state index in [9.17, 15) is 24.4 Å². The third kappa shape index (κ3) is 9.72. The number of nitrogens with one attached hydrogen (secondary N) is 1. The second-order valence-corrected chi connectivity index (χ2v) is 15.1. The van der Waals surface area contributed by atoms with Gasteiger partial charge in [-0.05, 0) is 38.3 Å². The predicted molar refractivity (Wildman–Crippen MR) is 175 cm³/mol. The number of amidine groups is 1. The lowest BCUT2D eigenvalue weighted by Crippen LogP contribution is -2.54. The molecule has 1 aromatic carbocycles. The van der Waals surface area contributed by atoms with Crippen molar-refractivity contribution in [3.63, 3.8) is 0 Å². The van der Waals surface area contributed by atoms with Crippen molar-refractivity contribution in [3.05, 3.63) is 60.6 Å². The Kier molecular flexibility index (Phi) is 13.2. The molecule has 6 atom stereocenters. The van der Waals surface area contributed by atoms with Gasteiger partial charge in [-0.15, -0.1) is 0 Å². The molecule has 1 saturated heterocycles. The van der Waals surface area contributed by atoms with E-state index in [-0.39, 0.29) is 48.2 Å². The SMILES string of the molecule is C=C1N=C(N)C=CN1[C@@H]1O[C@H](COP(=O)(NCc2ccccc2)OCCSC(=O)C(C)(C)CO)[C@H](OC(=O)C(N)C(C)C)C1(C)O. The molecule has 14 nitrogen and oxygen atoms in total. The summed E-state index contributed by atoms with van der Waals surface area (Å²) in [5, 5.41) is 23.8. The molecule has 1 aromatic rings. The van der Waals surface area contributed by atoms with Crippen molar-refractivity contribution < 1.29 is 42.9 Å². The summed E-state index contributed by atoms with van der Waals surface area (Å²) >= 11 is 0.940. The molecule has 0 spiro atoms. The summed E-state index contributed by atoms with van der Waals surface area (Å²) in [6, 6.07) is 8.16. The van der Waals surface area contributed by atoms with E-state index in [0.29, 0.717) is 0 Å². The zero-order chi connectivity index (χ0) is 34.3. The molecule has 0 radical (unpaired) electrons. The lowest BCUT2D eigenvalue weighted by atomic mass is 9.95. The monoisotopic (exact) mass is 683 g/mol. The van der Waals surface area contributed by atoms with Crippen molar-refractivity contribution in [2.24, 2.45) is 27.8 Å². The van der Waals surface area contributed by atoms with Gasteiger partial charge in [-0.2, -0.15) is 0 Å². The molecule has 0 bridgehead atoms. The number of carbonyl (C=O) groups excluding carboxylic acids is 2. The number of aliphatic hydroxyl groups is 2. The van der Waals surface area contributed by atoms with Gasteiger partial charge in [-0.1, -0.05) is 62.5 Å². The van der Waals surface area contributed by atoms with Crippen molar-refractivity contribution in [2.45, 2.75) is 71.2 Å². The largest absolute Gasteiger partial charge is 0.455 e. The third-order valence-electron chi connectivity index (χ3n) is 7.42. The Balaban J connectivity index is 1.81. The topological polar surface area (TPSA) is 208 Å². The molecule has 2 aliphatic rings. The zero-order valence-electron chi connectivity index (χ0n) is 26.8. The van der Waals surface area contributed by atoms with Crippen LogP contribution >= 0.6 is 19.5 Å².